The summed E-state index contributed by atoms with van der Waals surface area (Å²) in [5.41, 5.74) is 0.695. The van der Waals surface area contributed by atoms with E-state index >= 15 is 0 Å². The minimum Gasteiger partial charge on any atom is -0.504 e. The van der Waals surface area contributed by atoms with Crippen LogP contribution in [0.5, 0.6) is 11.5 Å². The molecule has 280 valence electrons. The van der Waals surface area contributed by atoms with Gasteiger partial charge in [0.15, 0.2) is 11.5 Å². The van der Waals surface area contributed by atoms with Gasteiger partial charge in [-0.1, -0.05) is 160 Å². The van der Waals surface area contributed by atoms with Crippen molar-refractivity contribution >= 4 is 18.0 Å². The Labute approximate surface area is 298 Å². The molecule has 49 heavy (non-hydrogen) atoms. The summed E-state index contributed by atoms with van der Waals surface area (Å²) in [4.78, 5) is 24.9. The Morgan fingerprint density at radius 2 is 1.16 bits per heavy atom. The van der Waals surface area contributed by atoms with Crippen LogP contribution in [0.3, 0.4) is 0 Å². The van der Waals surface area contributed by atoms with Crippen LogP contribution >= 0.6 is 0 Å². The fraction of sp³-hybridized carbons (Fsp3) is 0.762. The third kappa shape index (κ3) is 24.3. The standard InChI is InChI=1S/C42H70O7/c1-46-40-34-37(29-31-39(40)43)30-32-42(45)49-36-38-35-48-41(44)28-26-24-22-20-18-16-14-12-10-8-6-4-2-3-5-7-9-11-13-15-17-19-21-23-25-27-33-47-38/h29-32,34,38,43H,2-28,33,35-36H2,1H3/b32-30+/t38-/m1/s1. The Morgan fingerprint density at radius 3 is 1.63 bits per heavy atom. The Kier molecular flexibility index (Phi) is 26.4. The monoisotopic (exact) mass is 687 g/mol. The predicted molar refractivity (Wildman–Crippen MR) is 200 cm³/mol. The van der Waals surface area contributed by atoms with Crippen molar-refractivity contribution in [3.8, 4) is 11.5 Å². The highest BCUT2D eigenvalue weighted by Gasteiger charge is 2.15. The first-order chi connectivity index (χ1) is 24.1. The van der Waals surface area contributed by atoms with Gasteiger partial charge in [0.2, 0.25) is 0 Å². The Bertz CT molecular complexity index is 991. The number of rotatable bonds is 5. The molecule has 0 radical (unpaired) electrons. The third-order valence-electron chi connectivity index (χ3n) is 9.59. The fourth-order valence-electron chi connectivity index (χ4n) is 6.45. The summed E-state index contributed by atoms with van der Waals surface area (Å²) in [6.07, 6.45) is 36.5. The maximum absolute atomic E-state index is 12.5. The van der Waals surface area contributed by atoms with E-state index < -0.39 is 12.1 Å². The number of carbonyl (C=O) groups is 2. The van der Waals surface area contributed by atoms with Crippen molar-refractivity contribution in [3.63, 3.8) is 0 Å². The summed E-state index contributed by atoms with van der Waals surface area (Å²) in [6, 6.07) is 4.83. The predicted octanol–water partition coefficient (Wildman–Crippen LogP) is 11.4. The van der Waals surface area contributed by atoms with E-state index in [1.165, 1.54) is 161 Å². The average molecular weight is 687 g/mol. The van der Waals surface area contributed by atoms with Crippen molar-refractivity contribution in [1.82, 2.24) is 0 Å². The molecule has 0 unspecified atom stereocenters. The van der Waals surface area contributed by atoms with Crippen LogP contribution in [0.4, 0.5) is 0 Å². The number of esters is 2. The van der Waals surface area contributed by atoms with E-state index in [2.05, 4.69) is 0 Å². The third-order valence-corrected chi connectivity index (χ3v) is 9.59. The number of phenolic OH excluding ortho intramolecular Hbond substituents is 1. The van der Waals surface area contributed by atoms with E-state index in [4.69, 9.17) is 18.9 Å². The molecule has 0 spiro atoms. The second kappa shape index (κ2) is 30.3. The molecule has 1 N–H and O–H groups in total. The van der Waals surface area contributed by atoms with Gasteiger partial charge in [-0.3, -0.25) is 4.79 Å². The Hall–Kier alpha value is -2.54. The number of hydrogen-bond donors (Lipinski definition) is 1. The lowest BCUT2D eigenvalue weighted by atomic mass is 10.0. The summed E-state index contributed by atoms with van der Waals surface area (Å²) < 4.78 is 22.2. The molecular weight excluding hydrogens is 616 g/mol. The van der Waals surface area contributed by atoms with E-state index in [1.54, 1.807) is 18.2 Å². The van der Waals surface area contributed by atoms with Crippen molar-refractivity contribution in [1.29, 1.82) is 0 Å². The molecule has 0 aromatic heterocycles. The number of benzene rings is 1. The SMILES string of the molecule is COc1cc(/C=C/C(=O)OC[C@H]2COC(=O)CCCCCCCCCCCCCCCCCCCCCCCCCCCCO2)ccc1O. The molecule has 1 aliphatic rings. The molecule has 0 saturated carbocycles. The van der Waals surface area contributed by atoms with Crippen LogP contribution in [-0.4, -0.2) is 50.1 Å². The summed E-state index contributed by atoms with van der Waals surface area (Å²) >= 11 is 0. The molecule has 7 heteroatoms. The number of methoxy groups -OCH3 is 1. The average Bonchev–Trinajstić information content (AvgIpc) is 3.10. The lowest BCUT2D eigenvalue weighted by molar-refractivity contribution is -0.153. The van der Waals surface area contributed by atoms with Crippen LogP contribution in [0.15, 0.2) is 24.3 Å². The van der Waals surface area contributed by atoms with Crippen molar-refractivity contribution in [3.05, 3.63) is 29.8 Å². The number of aromatic hydroxyl groups is 1. The van der Waals surface area contributed by atoms with E-state index in [-0.39, 0.29) is 24.9 Å². The topological polar surface area (TPSA) is 91.3 Å². The second-order valence-electron chi connectivity index (χ2n) is 14.0. The molecule has 0 aliphatic carbocycles. The molecule has 1 atom stereocenters. The quantitative estimate of drug-likeness (QED) is 0.243. The number of phenols is 1. The van der Waals surface area contributed by atoms with Gasteiger partial charge in [0, 0.05) is 19.1 Å². The molecule has 0 amide bonds. The first-order valence-corrected chi connectivity index (χ1v) is 20.1. The van der Waals surface area contributed by atoms with Crippen LogP contribution in [0.25, 0.3) is 6.08 Å². The minimum atomic E-state index is -0.517. The zero-order valence-electron chi connectivity index (χ0n) is 31.1. The molecule has 2 rings (SSSR count). The number of cyclic esters (lactones) is 1. The number of hydrogen-bond acceptors (Lipinski definition) is 7. The zero-order chi connectivity index (χ0) is 35.0. The van der Waals surface area contributed by atoms with Gasteiger partial charge in [0.1, 0.15) is 19.3 Å². The van der Waals surface area contributed by atoms with E-state index in [0.717, 1.165) is 25.7 Å². The first kappa shape index (κ1) is 42.6. The van der Waals surface area contributed by atoms with E-state index in [1.807, 2.05) is 0 Å². The van der Waals surface area contributed by atoms with Gasteiger partial charge >= 0.3 is 11.9 Å². The minimum absolute atomic E-state index is 0.00928. The zero-order valence-corrected chi connectivity index (χ0v) is 31.1. The summed E-state index contributed by atoms with van der Waals surface area (Å²) in [5, 5.41) is 9.79. The molecule has 1 heterocycles. The van der Waals surface area contributed by atoms with Crippen molar-refractivity contribution < 1.29 is 33.6 Å². The van der Waals surface area contributed by atoms with Crippen LogP contribution in [0.1, 0.15) is 179 Å². The van der Waals surface area contributed by atoms with Crippen LogP contribution < -0.4 is 4.74 Å². The largest absolute Gasteiger partial charge is 0.504 e. The highest BCUT2D eigenvalue weighted by atomic mass is 16.6. The van der Waals surface area contributed by atoms with Gasteiger partial charge in [0.05, 0.1) is 7.11 Å². The van der Waals surface area contributed by atoms with Crippen LogP contribution in [-0.2, 0) is 23.8 Å². The highest BCUT2D eigenvalue weighted by molar-refractivity contribution is 5.87. The van der Waals surface area contributed by atoms with Gasteiger partial charge < -0.3 is 24.1 Å². The van der Waals surface area contributed by atoms with Crippen LogP contribution in [0, 0.1) is 0 Å². The van der Waals surface area contributed by atoms with E-state index in [0.29, 0.717) is 24.3 Å². The summed E-state index contributed by atoms with van der Waals surface area (Å²) in [5.74, 6) is -0.376. The smallest absolute Gasteiger partial charge is 0.330 e. The second-order valence-corrected chi connectivity index (χ2v) is 14.0. The van der Waals surface area contributed by atoms with Gasteiger partial charge in [-0.2, -0.15) is 0 Å². The normalized spacial score (nSPS) is 21.3. The Balaban J connectivity index is 1.75. The fourth-order valence-corrected chi connectivity index (χ4v) is 6.45. The number of ether oxygens (including phenoxy) is 4. The van der Waals surface area contributed by atoms with Crippen molar-refractivity contribution in [2.45, 2.75) is 179 Å². The lowest BCUT2D eigenvalue weighted by Gasteiger charge is -2.18. The molecule has 1 aromatic rings. The van der Waals surface area contributed by atoms with Gasteiger partial charge in [-0.25, -0.2) is 4.79 Å². The highest BCUT2D eigenvalue weighted by Crippen LogP contribution is 2.26. The van der Waals surface area contributed by atoms with Crippen LogP contribution in [0.2, 0.25) is 0 Å². The van der Waals surface area contributed by atoms with Crippen molar-refractivity contribution in [2.24, 2.45) is 0 Å². The first-order valence-electron chi connectivity index (χ1n) is 20.1. The molecule has 1 fully saturated rings. The Morgan fingerprint density at radius 1 is 0.714 bits per heavy atom. The molecule has 7 nitrogen and oxygen atoms in total. The van der Waals surface area contributed by atoms with Crippen molar-refractivity contribution in [2.75, 3.05) is 26.9 Å². The maximum Gasteiger partial charge on any atom is 0.330 e. The van der Waals surface area contributed by atoms with Gasteiger partial charge in [0.25, 0.3) is 0 Å². The molecule has 0 bridgehead atoms. The molecular formula is C42H70O7. The lowest BCUT2D eigenvalue weighted by Crippen LogP contribution is -2.28. The molecule has 1 aliphatic heterocycles. The summed E-state index contributed by atoms with van der Waals surface area (Å²) in [7, 11) is 1.47. The van der Waals surface area contributed by atoms with Gasteiger partial charge in [-0.05, 0) is 36.6 Å². The van der Waals surface area contributed by atoms with Gasteiger partial charge in [-0.15, -0.1) is 0 Å². The van der Waals surface area contributed by atoms with E-state index in [9.17, 15) is 14.7 Å². The molecule has 1 aromatic carbocycles. The summed E-state index contributed by atoms with van der Waals surface area (Å²) in [6.45, 7) is 0.628. The maximum atomic E-state index is 12.5. The number of carbonyl (C=O) groups excluding carboxylic acids is 2. The molecule has 1 saturated heterocycles.